The number of hydrogen-bond donors (Lipinski definition) is 1. The first-order valence-corrected chi connectivity index (χ1v) is 8.01. The molecular weight excluding hydrogens is 334 g/mol. The number of nitrogens with one attached hydrogen (secondary N) is 1. The van der Waals surface area contributed by atoms with Gasteiger partial charge in [-0.05, 0) is 11.4 Å². The van der Waals surface area contributed by atoms with E-state index in [2.05, 4.69) is 15.1 Å². The Labute approximate surface area is 139 Å². The maximum absolute atomic E-state index is 14.2. The predicted molar refractivity (Wildman–Crippen MR) is 87.2 cm³/mol. The largest absolute Gasteiger partial charge is 0.497 e. The molecule has 0 radical (unpaired) electrons. The monoisotopic (exact) mass is 346 g/mol. The first-order chi connectivity index (χ1) is 11.7. The lowest BCUT2D eigenvalue weighted by Gasteiger charge is -2.05. The van der Waals surface area contributed by atoms with E-state index in [9.17, 15) is 8.78 Å². The number of rotatable bonds is 4. The molecule has 3 heterocycles. The third-order valence-electron chi connectivity index (χ3n) is 3.66. The molecule has 0 fully saturated rings. The average molecular weight is 346 g/mol. The van der Waals surface area contributed by atoms with Crippen LogP contribution in [-0.4, -0.2) is 26.9 Å². The van der Waals surface area contributed by atoms with Crippen molar-refractivity contribution >= 4 is 22.5 Å². The van der Waals surface area contributed by atoms with E-state index in [0.29, 0.717) is 17.7 Å². The second kappa shape index (κ2) is 5.72. The van der Waals surface area contributed by atoms with Gasteiger partial charge in [-0.15, -0.1) is 11.3 Å². The Hall–Kier alpha value is -2.74. The number of imidazole rings is 1. The Kier molecular flexibility index (Phi) is 3.53. The molecule has 0 aliphatic heterocycles. The van der Waals surface area contributed by atoms with Gasteiger partial charge in [0.05, 0.1) is 25.4 Å². The number of methoxy groups -OCH3 is 1. The second-order valence-corrected chi connectivity index (χ2v) is 6.20. The van der Waals surface area contributed by atoms with Gasteiger partial charge in [-0.3, -0.25) is 0 Å². The number of aromatic nitrogens is 4. The van der Waals surface area contributed by atoms with E-state index in [1.165, 1.54) is 7.11 Å². The number of fused-ring (bicyclic) bond motifs is 1. The van der Waals surface area contributed by atoms with Gasteiger partial charge < -0.3 is 9.72 Å². The van der Waals surface area contributed by atoms with Crippen molar-refractivity contribution in [3.8, 4) is 17.1 Å². The number of benzene rings is 1. The van der Waals surface area contributed by atoms with Gasteiger partial charge in [0.1, 0.15) is 28.7 Å². The van der Waals surface area contributed by atoms with Crippen LogP contribution < -0.4 is 4.74 Å². The molecule has 0 saturated carbocycles. The van der Waals surface area contributed by atoms with Gasteiger partial charge in [0, 0.05) is 17.0 Å². The number of ether oxygens (including phenoxy) is 1. The lowest BCUT2D eigenvalue weighted by atomic mass is 10.2. The third kappa shape index (κ3) is 2.44. The van der Waals surface area contributed by atoms with Gasteiger partial charge in [0.2, 0.25) is 0 Å². The highest BCUT2D eigenvalue weighted by Crippen LogP contribution is 2.29. The van der Waals surface area contributed by atoms with Crippen LogP contribution in [0.15, 0.2) is 35.8 Å². The molecule has 0 atom stereocenters. The number of thiophene rings is 1. The van der Waals surface area contributed by atoms with Crippen LogP contribution in [0.4, 0.5) is 8.78 Å². The summed E-state index contributed by atoms with van der Waals surface area (Å²) in [7, 11) is 1.36. The Bertz CT molecular complexity index is 984. The van der Waals surface area contributed by atoms with E-state index in [-0.39, 0.29) is 17.1 Å². The van der Waals surface area contributed by atoms with Crippen molar-refractivity contribution in [3.05, 3.63) is 52.4 Å². The van der Waals surface area contributed by atoms with Gasteiger partial charge in [0.25, 0.3) is 0 Å². The quantitative estimate of drug-likeness (QED) is 0.611. The molecule has 0 spiro atoms. The summed E-state index contributed by atoms with van der Waals surface area (Å²) in [5.74, 6) is -1.23. The summed E-state index contributed by atoms with van der Waals surface area (Å²) in [5.41, 5.74) is 0.957. The number of H-pyrrole nitrogens is 1. The van der Waals surface area contributed by atoms with E-state index in [4.69, 9.17) is 4.74 Å². The molecular formula is C16H12F2N4OS. The Morgan fingerprint density at radius 3 is 2.75 bits per heavy atom. The molecule has 0 aliphatic rings. The standard InChI is InChI=1S/C16H12F2N4OS/c1-23-9-5-11(17)14(12(18)6-9)15-20-13-7-19-22(16(13)21-15)8-10-3-2-4-24-10/h2-7H,8H2,1H3,(H,20,21). The van der Waals surface area contributed by atoms with Gasteiger partial charge in [-0.25, -0.2) is 18.4 Å². The zero-order valence-electron chi connectivity index (χ0n) is 12.6. The Morgan fingerprint density at radius 2 is 2.08 bits per heavy atom. The maximum atomic E-state index is 14.2. The van der Waals surface area contributed by atoms with Crippen LogP contribution in [0, 0.1) is 11.6 Å². The molecule has 1 N–H and O–H groups in total. The summed E-state index contributed by atoms with van der Waals surface area (Å²) in [6.45, 7) is 0.555. The highest BCUT2D eigenvalue weighted by atomic mass is 32.1. The summed E-state index contributed by atoms with van der Waals surface area (Å²) in [4.78, 5) is 8.37. The van der Waals surface area contributed by atoms with E-state index < -0.39 is 11.6 Å². The van der Waals surface area contributed by atoms with Gasteiger partial charge in [-0.1, -0.05) is 6.07 Å². The zero-order chi connectivity index (χ0) is 16.7. The SMILES string of the molecule is COc1cc(F)c(-c2nc3c(cnn3Cc3cccs3)[nH]2)c(F)c1. The molecule has 5 nitrogen and oxygen atoms in total. The van der Waals surface area contributed by atoms with Crippen LogP contribution in [0.3, 0.4) is 0 Å². The molecule has 0 amide bonds. The number of hydrogen-bond acceptors (Lipinski definition) is 4. The molecule has 4 rings (SSSR count). The molecule has 122 valence electrons. The van der Waals surface area contributed by atoms with Crippen LogP contribution in [0.25, 0.3) is 22.6 Å². The van der Waals surface area contributed by atoms with Gasteiger partial charge in [-0.2, -0.15) is 5.10 Å². The summed E-state index contributed by atoms with van der Waals surface area (Å²) in [6, 6.07) is 6.21. The molecule has 0 bridgehead atoms. The van der Waals surface area contributed by atoms with Crippen molar-refractivity contribution in [2.45, 2.75) is 6.54 Å². The minimum absolute atomic E-state index is 0.119. The number of halogens is 2. The van der Waals surface area contributed by atoms with Crippen LogP contribution in [0.1, 0.15) is 4.88 Å². The summed E-state index contributed by atoms with van der Waals surface area (Å²) in [5, 5.41) is 6.24. The first-order valence-electron chi connectivity index (χ1n) is 7.13. The fourth-order valence-corrected chi connectivity index (χ4v) is 3.21. The zero-order valence-corrected chi connectivity index (χ0v) is 13.4. The maximum Gasteiger partial charge on any atom is 0.177 e. The van der Waals surface area contributed by atoms with E-state index in [1.54, 1.807) is 22.2 Å². The lowest BCUT2D eigenvalue weighted by molar-refractivity contribution is 0.407. The van der Waals surface area contributed by atoms with Crippen molar-refractivity contribution in [1.82, 2.24) is 19.7 Å². The van der Waals surface area contributed by atoms with Crippen molar-refractivity contribution in [1.29, 1.82) is 0 Å². The van der Waals surface area contributed by atoms with Crippen LogP contribution in [0.5, 0.6) is 5.75 Å². The fraction of sp³-hybridized carbons (Fsp3) is 0.125. The Balaban J connectivity index is 1.78. The summed E-state index contributed by atoms with van der Waals surface area (Å²) >= 11 is 1.61. The minimum atomic E-state index is -0.735. The number of aromatic amines is 1. The molecule has 0 unspecified atom stereocenters. The molecule has 24 heavy (non-hydrogen) atoms. The summed E-state index contributed by atoms with van der Waals surface area (Å²) in [6.07, 6.45) is 1.60. The minimum Gasteiger partial charge on any atom is -0.497 e. The van der Waals surface area contributed by atoms with E-state index in [1.807, 2.05) is 17.5 Å². The smallest absolute Gasteiger partial charge is 0.177 e. The molecule has 8 heteroatoms. The van der Waals surface area contributed by atoms with Crippen LogP contribution >= 0.6 is 11.3 Å². The molecule has 3 aromatic heterocycles. The molecule has 1 aromatic carbocycles. The van der Waals surface area contributed by atoms with Crippen LogP contribution in [0.2, 0.25) is 0 Å². The highest BCUT2D eigenvalue weighted by Gasteiger charge is 2.19. The first kappa shape index (κ1) is 14.8. The second-order valence-electron chi connectivity index (χ2n) is 5.17. The van der Waals surface area contributed by atoms with Crippen molar-refractivity contribution in [2.75, 3.05) is 7.11 Å². The van der Waals surface area contributed by atoms with Crippen molar-refractivity contribution in [3.63, 3.8) is 0 Å². The topological polar surface area (TPSA) is 55.7 Å². The normalized spacial score (nSPS) is 11.3. The molecule has 0 aliphatic carbocycles. The van der Waals surface area contributed by atoms with Crippen LogP contribution in [-0.2, 0) is 6.54 Å². The van der Waals surface area contributed by atoms with Crippen molar-refractivity contribution < 1.29 is 13.5 Å². The summed E-state index contributed by atoms with van der Waals surface area (Å²) < 4.78 is 35.0. The Morgan fingerprint density at radius 1 is 1.29 bits per heavy atom. The van der Waals surface area contributed by atoms with E-state index >= 15 is 0 Å². The molecule has 0 saturated heterocycles. The average Bonchev–Trinajstić information content (AvgIpc) is 3.26. The highest BCUT2D eigenvalue weighted by molar-refractivity contribution is 7.09. The lowest BCUT2D eigenvalue weighted by Crippen LogP contribution is -2.00. The third-order valence-corrected chi connectivity index (χ3v) is 4.52. The van der Waals surface area contributed by atoms with E-state index in [0.717, 1.165) is 17.0 Å². The van der Waals surface area contributed by atoms with Gasteiger partial charge in [0.15, 0.2) is 5.65 Å². The molecule has 4 aromatic rings. The van der Waals surface area contributed by atoms with Gasteiger partial charge >= 0.3 is 0 Å². The van der Waals surface area contributed by atoms with Crippen molar-refractivity contribution in [2.24, 2.45) is 0 Å². The fourth-order valence-electron chi connectivity index (χ4n) is 2.52. The predicted octanol–water partition coefficient (Wildman–Crippen LogP) is 3.82. The number of nitrogens with zero attached hydrogens (tertiary/aromatic N) is 3.